The Morgan fingerprint density at radius 3 is 2.54 bits per heavy atom. The molecule has 4 heteroatoms. The summed E-state index contributed by atoms with van der Waals surface area (Å²) in [7, 11) is 0. The van der Waals surface area contributed by atoms with Crippen LogP contribution in [-0.2, 0) is 14.3 Å². The normalized spacial score (nSPS) is 22.1. The molecule has 0 aromatic rings. The van der Waals surface area contributed by atoms with Crippen LogP contribution in [0.3, 0.4) is 0 Å². The van der Waals surface area contributed by atoms with Crippen molar-refractivity contribution in [1.29, 1.82) is 0 Å². The third-order valence-electron chi connectivity index (χ3n) is 5.36. The number of likely N-dealkylation sites (tertiary alicyclic amines) is 1. The zero-order chi connectivity index (χ0) is 17.7. The highest BCUT2D eigenvalue weighted by Gasteiger charge is 2.29. The first kappa shape index (κ1) is 18.8. The lowest BCUT2D eigenvalue weighted by molar-refractivity contribution is -0.150. The van der Waals surface area contributed by atoms with Gasteiger partial charge in [-0.3, -0.25) is 9.59 Å². The van der Waals surface area contributed by atoms with Gasteiger partial charge in [0.15, 0.2) is 0 Å². The predicted octanol–water partition coefficient (Wildman–Crippen LogP) is 3.87. The second kappa shape index (κ2) is 8.00. The lowest BCUT2D eigenvalue weighted by Gasteiger charge is -2.33. The van der Waals surface area contributed by atoms with E-state index in [2.05, 4.69) is 20.8 Å². The summed E-state index contributed by atoms with van der Waals surface area (Å²) in [5.74, 6) is -0.121. The maximum atomic E-state index is 12.5. The second-order valence-electron chi connectivity index (χ2n) is 7.62. The summed E-state index contributed by atoms with van der Waals surface area (Å²) in [5, 5.41) is 0. The van der Waals surface area contributed by atoms with Crippen LogP contribution >= 0.6 is 0 Å². The Kier molecular flexibility index (Phi) is 6.25. The number of allylic oxidation sites excluding steroid dienone is 3. The van der Waals surface area contributed by atoms with E-state index in [0.717, 1.165) is 6.42 Å². The molecule has 1 heterocycles. The number of carbonyl (C=O) groups excluding carboxylic acids is 2. The van der Waals surface area contributed by atoms with Gasteiger partial charge in [0.1, 0.15) is 0 Å². The van der Waals surface area contributed by atoms with Crippen molar-refractivity contribution in [3.05, 3.63) is 23.3 Å². The SMILES string of the molecule is CCOC(=O)C1CCN(C(=O)/C=C/C2=C(C)CCCC2(C)C)CC1. The first-order chi connectivity index (χ1) is 11.3. The molecule has 1 aliphatic carbocycles. The van der Waals surface area contributed by atoms with Gasteiger partial charge in [0.2, 0.25) is 5.91 Å². The average Bonchev–Trinajstić information content (AvgIpc) is 2.54. The molecule has 2 aliphatic rings. The number of ether oxygens (including phenoxy) is 1. The van der Waals surface area contributed by atoms with E-state index in [1.165, 1.54) is 24.0 Å². The summed E-state index contributed by atoms with van der Waals surface area (Å²) in [6.07, 6.45) is 8.67. The summed E-state index contributed by atoms with van der Waals surface area (Å²) in [5.41, 5.74) is 2.86. The van der Waals surface area contributed by atoms with E-state index in [1.54, 1.807) is 6.08 Å². The van der Waals surface area contributed by atoms with Crippen LogP contribution in [0.15, 0.2) is 23.3 Å². The standard InChI is InChI=1S/C20H31NO3/c1-5-24-19(23)16-10-13-21(14-11-16)18(22)9-8-17-15(2)7-6-12-20(17,3)4/h8-9,16H,5-7,10-14H2,1-4H3/b9-8+. The van der Waals surface area contributed by atoms with Gasteiger partial charge in [-0.15, -0.1) is 0 Å². The number of carbonyl (C=O) groups is 2. The molecule has 0 aromatic heterocycles. The molecule has 0 bridgehead atoms. The van der Waals surface area contributed by atoms with Crippen molar-refractivity contribution in [3.8, 4) is 0 Å². The van der Waals surface area contributed by atoms with Crippen LogP contribution in [0, 0.1) is 11.3 Å². The molecular formula is C20H31NO3. The zero-order valence-corrected chi connectivity index (χ0v) is 15.6. The summed E-state index contributed by atoms with van der Waals surface area (Å²) < 4.78 is 5.08. The predicted molar refractivity (Wildman–Crippen MR) is 95.4 cm³/mol. The first-order valence-corrected chi connectivity index (χ1v) is 9.19. The van der Waals surface area contributed by atoms with Gasteiger partial charge >= 0.3 is 5.97 Å². The van der Waals surface area contributed by atoms with Crippen molar-refractivity contribution in [2.24, 2.45) is 11.3 Å². The van der Waals surface area contributed by atoms with E-state index < -0.39 is 0 Å². The van der Waals surface area contributed by atoms with Crippen molar-refractivity contribution < 1.29 is 14.3 Å². The molecule has 24 heavy (non-hydrogen) atoms. The van der Waals surface area contributed by atoms with Crippen LogP contribution in [0.5, 0.6) is 0 Å². The smallest absolute Gasteiger partial charge is 0.309 e. The van der Waals surface area contributed by atoms with E-state index in [-0.39, 0.29) is 23.2 Å². The monoisotopic (exact) mass is 333 g/mol. The van der Waals surface area contributed by atoms with Gasteiger partial charge in [0.05, 0.1) is 12.5 Å². The number of hydrogen-bond acceptors (Lipinski definition) is 3. The fourth-order valence-electron chi connectivity index (χ4n) is 3.87. The van der Waals surface area contributed by atoms with Crippen LogP contribution < -0.4 is 0 Å². The molecule has 1 saturated heterocycles. The number of esters is 1. The molecule has 0 unspecified atom stereocenters. The van der Waals surface area contributed by atoms with E-state index in [1.807, 2.05) is 17.9 Å². The Hall–Kier alpha value is -1.58. The molecule has 0 spiro atoms. The lowest BCUT2D eigenvalue weighted by atomic mass is 9.72. The van der Waals surface area contributed by atoms with E-state index in [0.29, 0.717) is 32.5 Å². The number of nitrogens with zero attached hydrogens (tertiary/aromatic N) is 1. The zero-order valence-electron chi connectivity index (χ0n) is 15.6. The molecule has 0 radical (unpaired) electrons. The highest BCUT2D eigenvalue weighted by atomic mass is 16.5. The van der Waals surface area contributed by atoms with Crippen molar-refractivity contribution in [1.82, 2.24) is 4.90 Å². The summed E-state index contributed by atoms with van der Waals surface area (Å²) in [6, 6.07) is 0. The van der Waals surface area contributed by atoms with Gasteiger partial charge in [-0.05, 0) is 56.9 Å². The second-order valence-corrected chi connectivity index (χ2v) is 7.62. The molecule has 134 valence electrons. The van der Waals surface area contributed by atoms with Crippen molar-refractivity contribution >= 4 is 11.9 Å². The minimum Gasteiger partial charge on any atom is -0.466 e. The van der Waals surface area contributed by atoms with Crippen LogP contribution in [0.1, 0.15) is 59.8 Å². The molecular weight excluding hydrogens is 302 g/mol. The Balaban J connectivity index is 1.93. The van der Waals surface area contributed by atoms with Gasteiger partial charge in [-0.25, -0.2) is 0 Å². The molecule has 0 aromatic carbocycles. The highest BCUT2D eigenvalue weighted by Crippen LogP contribution is 2.40. The molecule has 0 saturated carbocycles. The van der Waals surface area contributed by atoms with Crippen molar-refractivity contribution in [2.75, 3.05) is 19.7 Å². The summed E-state index contributed by atoms with van der Waals surface area (Å²) >= 11 is 0. The van der Waals surface area contributed by atoms with Crippen LogP contribution in [0.2, 0.25) is 0 Å². The van der Waals surface area contributed by atoms with Gasteiger partial charge in [0.25, 0.3) is 0 Å². The van der Waals surface area contributed by atoms with E-state index in [9.17, 15) is 9.59 Å². The quantitative estimate of drug-likeness (QED) is 0.579. The molecule has 0 atom stereocenters. The molecule has 1 amide bonds. The number of hydrogen-bond donors (Lipinski definition) is 0. The van der Waals surface area contributed by atoms with Crippen LogP contribution in [-0.4, -0.2) is 36.5 Å². The third-order valence-corrected chi connectivity index (χ3v) is 5.36. The van der Waals surface area contributed by atoms with Crippen LogP contribution in [0.25, 0.3) is 0 Å². The number of piperidine rings is 1. The fraction of sp³-hybridized carbons (Fsp3) is 0.700. The average molecular weight is 333 g/mol. The maximum Gasteiger partial charge on any atom is 0.309 e. The molecule has 1 aliphatic heterocycles. The Morgan fingerprint density at radius 1 is 1.29 bits per heavy atom. The Labute approximate surface area is 145 Å². The summed E-state index contributed by atoms with van der Waals surface area (Å²) in [6.45, 7) is 10.2. The molecule has 0 N–H and O–H groups in total. The lowest BCUT2D eigenvalue weighted by Crippen LogP contribution is -2.40. The molecule has 2 rings (SSSR count). The minimum atomic E-state index is -0.120. The van der Waals surface area contributed by atoms with Crippen molar-refractivity contribution in [2.45, 2.75) is 59.8 Å². The molecule has 1 fully saturated rings. The van der Waals surface area contributed by atoms with Gasteiger partial charge in [-0.2, -0.15) is 0 Å². The van der Waals surface area contributed by atoms with E-state index >= 15 is 0 Å². The van der Waals surface area contributed by atoms with Gasteiger partial charge in [-0.1, -0.05) is 25.5 Å². The number of rotatable bonds is 4. The Bertz CT molecular complexity index is 537. The number of amides is 1. The third kappa shape index (κ3) is 4.49. The fourth-order valence-corrected chi connectivity index (χ4v) is 3.87. The largest absolute Gasteiger partial charge is 0.466 e. The maximum absolute atomic E-state index is 12.5. The highest BCUT2D eigenvalue weighted by molar-refractivity contribution is 5.88. The van der Waals surface area contributed by atoms with Gasteiger partial charge in [0, 0.05) is 19.2 Å². The minimum absolute atomic E-state index is 0.0546. The Morgan fingerprint density at radius 2 is 1.96 bits per heavy atom. The van der Waals surface area contributed by atoms with E-state index in [4.69, 9.17) is 4.74 Å². The van der Waals surface area contributed by atoms with Crippen molar-refractivity contribution in [3.63, 3.8) is 0 Å². The molecule has 4 nitrogen and oxygen atoms in total. The summed E-state index contributed by atoms with van der Waals surface area (Å²) in [4.78, 5) is 26.1. The van der Waals surface area contributed by atoms with Crippen LogP contribution in [0.4, 0.5) is 0 Å². The topological polar surface area (TPSA) is 46.6 Å². The first-order valence-electron chi connectivity index (χ1n) is 9.19. The van der Waals surface area contributed by atoms with Gasteiger partial charge < -0.3 is 9.64 Å².